The molecule has 0 saturated heterocycles. The van der Waals surface area contributed by atoms with Crippen molar-refractivity contribution >= 4 is 22.5 Å². The number of aliphatic hydroxyl groups is 1. The van der Waals surface area contributed by atoms with E-state index >= 15 is 0 Å². The Balaban J connectivity index is 0.000000165. The van der Waals surface area contributed by atoms with Crippen LogP contribution in [0.4, 0.5) is 5.69 Å². The number of aromatic amines is 1. The molecule has 0 radical (unpaired) electrons. The predicted molar refractivity (Wildman–Crippen MR) is 128 cm³/mol. The molecular weight excluding hydrogens is 402 g/mol. The number of para-hydroxylation sites is 1. The molecule has 0 atom stereocenters. The number of nitrogens with two attached hydrogens (primary N) is 2. The van der Waals surface area contributed by atoms with E-state index in [1.165, 1.54) is 16.5 Å². The quantitative estimate of drug-likeness (QED) is 0.358. The van der Waals surface area contributed by atoms with Crippen LogP contribution in [0.3, 0.4) is 0 Å². The van der Waals surface area contributed by atoms with Gasteiger partial charge in [0.05, 0.1) is 12.2 Å². The van der Waals surface area contributed by atoms with E-state index in [4.69, 9.17) is 21.3 Å². The van der Waals surface area contributed by atoms with E-state index in [9.17, 15) is 4.79 Å². The SMILES string of the molecule is NC(=O)c1cc(-c2ccc(N)cc2)cc2c1OCC2.OCCCc1c[nH]c2ccccc12. The van der Waals surface area contributed by atoms with Gasteiger partial charge in [-0.05, 0) is 65.4 Å². The van der Waals surface area contributed by atoms with Gasteiger partial charge >= 0.3 is 0 Å². The van der Waals surface area contributed by atoms with Crippen LogP contribution in [0.15, 0.2) is 66.9 Å². The topological polar surface area (TPSA) is 114 Å². The van der Waals surface area contributed by atoms with E-state index in [0.29, 0.717) is 23.6 Å². The van der Waals surface area contributed by atoms with Crippen LogP contribution in [0.2, 0.25) is 0 Å². The van der Waals surface area contributed by atoms with E-state index in [-0.39, 0.29) is 6.61 Å². The first-order valence-corrected chi connectivity index (χ1v) is 10.7. The van der Waals surface area contributed by atoms with Crippen molar-refractivity contribution in [3.63, 3.8) is 0 Å². The monoisotopic (exact) mass is 429 g/mol. The maximum Gasteiger partial charge on any atom is 0.252 e. The summed E-state index contributed by atoms with van der Waals surface area (Å²) in [5, 5.41) is 10.0. The highest BCUT2D eigenvalue weighted by Gasteiger charge is 2.21. The van der Waals surface area contributed by atoms with E-state index in [0.717, 1.165) is 36.0 Å². The number of ether oxygens (including phenoxy) is 1. The molecule has 2 heterocycles. The average Bonchev–Trinajstić information content (AvgIpc) is 3.45. The van der Waals surface area contributed by atoms with Gasteiger partial charge in [-0.3, -0.25) is 4.79 Å². The number of aromatic nitrogens is 1. The summed E-state index contributed by atoms with van der Waals surface area (Å²) in [6.45, 7) is 0.861. The first-order chi connectivity index (χ1) is 15.6. The number of H-pyrrole nitrogens is 1. The third kappa shape index (κ3) is 4.60. The number of carbonyl (C=O) groups excluding carboxylic acids is 1. The molecule has 1 aromatic heterocycles. The molecule has 0 saturated carbocycles. The minimum Gasteiger partial charge on any atom is -0.492 e. The number of aliphatic hydroxyl groups excluding tert-OH is 1. The van der Waals surface area contributed by atoms with E-state index < -0.39 is 5.91 Å². The summed E-state index contributed by atoms with van der Waals surface area (Å²) in [7, 11) is 0. The minimum atomic E-state index is -0.463. The van der Waals surface area contributed by atoms with E-state index in [1.54, 1.807) is 6.07 Å². The number of carbonyl (C=O) groups is 1. The molecule has 1 aliphatic rings. The zero-order chi connectivity index (χ0) is 22.5. The van der Waals surface area contributed by atoms with Crippen LogP contribution in [-0.2, 0) is 12.8 Å². The molecule has 0 aliphatic carbocycles. The number of anilines is 1. The summed E-state index contributed by atoms with van der Waals surface area (Å²) in [5.74, 6) is 0.169. The second-order valence-electron chi connectivity index (χ2n) is 7.78. The lowest BCUT2D eigenvalue weighted by Crippen LogP contribution is -2.12. The molecule has 1 amide bonds. The number of nitrogen functional groups attached to an aromatic ring is 1. The summed E-state index contributed by atoms with van der Waals surface area (Å²) in [4.78, 5) is 14.7. The molecule has 1 aliphatic heterocycles. The Morgan fingerprint density at radius 2 is 1.84 bits per heavy atom. The highest BCUT2D eigenvalue weighted by Crippen LogP contribution is 2.34. The van der Waals surface area contributed by atoms with Gasteiger partial charge in [-0.1, -0.05) is 30.3 Å². The van der Waals surface area contributed by atoms with Crippen molar-refractivity contribution in [3.05, 3.63) is 83.6 Å². The lowest BCUT2D eigenvalue weighted by atomic mass is 9.98. The van der Waals surface area contributed by atoms with Gasteiger partial charge in [-0.25, -0.2) is 0 Å². The Morgan fingerprint density at radius 1 is 1.06 bits per heavy atom. The van der Waals surface area contributed by atoms with E-state index in [2.05, 4.69) is 17.1 Å². The van der Waals surface area contributed by atoms with Gasteiger partial charge in [0.15, 0.2) is 0 Å². The Kier molecular flexibility index (Phi) is 6.42. The molecule has 0 fully saturated rings. The minimum absolute atomic E-state index is 0.263. The van der Waals surface area contributed by atoms with Crippen molar-refractivity contribution in [3.8, 4) is 16.9 Å². The molecule has 6 nitrogen and oxygen atoms in total. The fourth-order valence-electron chi connectivity index (χ4n) is 3.94. The first kappa shape index (κ1) is 21.5. The highest BCUT2D eigenvalue weighted by atomic mass is 16.5. The number of fused-ring (bicyclic) bond motifs is 2. The third-order valence-corrected chi connectivity index (χ3v) is 5.57. The fraction of sp³-hybridized carbons (Fsp3) is 0.192. The number of hydrogen-bond donors (Lipinski definition) is 4. The van der Waals surface area contributed by atoms with Gasteiger partial charge in [-0.2, -0.15) is 0 Å². The summed E-state index contributed by atoms with van der Waals surface area (Å²) >= 11 is 0. The number of hydrogen-bond acceptors (Lipinski definition) is 4. The van der Waals surface area contributed by atoms with E-state index in [1.807, 2.05) is 48.7 Å². The largest absolute Gasteiger partial charge is 0.492 e. The molecule has 0 spiro atoms. The molecule has 3 aromatic carbocycles. The second kappa shape index (κ2) is 9.58. The van der Waals surface area contributed by atoms with Crippen LogP contribution in [0.1, 0.15) is 27.9 Å². The van der Waals surface area contributed by atoms with Crippen molar-refractivity contribution < 1.29 is 14.6 Å². The third-order valence-electron chi connectivity index (χ3n) is 5.57. The van der Waals surface area contributed by atoms with Crippen LogP contribution < -0.4 is 16.2 Å². The Hall–Kier alpha value is -3.77. The van der Waals surface area contributed by atoms with Crippen molar-refractivity contribution in [2.24, 2.45) is 5.73 Å². The van der Waals surface area contributed by atoms with Gasteiger partial charge < -0.3 is 26.3 Å². The molecule has 6 N–H and O–H groups in total. The first-order valence-electron chi connectivity index (χ1n) is 10.7. The standard InChI is InChI=1S/C15H14N2O2.C11H13NO/c16-12-3-1-9(2-4-12)11-7-10-5-6-19-14(10)13(8-11)15(17)18;13-7-3-4-9-8-12-11-6-2-1-5-10(9)11/h1-4,7-8H,5-6,16H2,(H2,17,18);1-2,5-6,8,12-13H,3-4,7H2. The Morgan fingerprint density at radius 3 is 2.59 bits per heavy atom. The number of benzene rings is 3. The lowest BCUT2D eigenvalue weighted by Gasteiger charge is -2.09. The van der Waals surface area contributed by atoms with Gasteiger partial charge in [0.2, 0.25) is 0 Å². The number of rotatable bonds is 5. The second-order valence-corrected chi connectivity index (χ2v) is 7.78. The van der Waals surface area contributed by atoms with Crippen molar-refractivity contribution in [2.45, 2.75) is 19.3 Å². The molecule has 0 bridgehead atoms. The number of amides is 1. The van der Waals surface area contributed by atoms with Crippen molar-refractivity contribution in [1.29, 1.82) is 0 Å². The highest BCUT2D eigenvalue weighted by molar-refractivity contribution is 5.98. The summed E-state index contributed by atoms with van der Waals surface area (Å²) < 4.78 is 5.48. The van der Waals surface area contributed by atoms with Crippen LogP contribution in [-0.4, -0.2) is 29.2 Å². The fourth-order valence-corrected chi connectivity index (χ4v) is 3.94. The summed E-state index contributed by atoms with van der Waals surface area (Å²) in [6.07, 6.45) is 4.61. The number of aryl methyl sites for hydroxylation is 1. The average molecular weight is 430 g/mol. The predicted octanol–water partition coefficient (Wildman–Crippen LogP) is 4.06. The summed E-state index contributed by atoms with van der Waals surface area (Å²) in [5.41, 5.74) is 17.7. The summed E-state index contributed by atoms with van der Waals surface area (Å²) in [6, 6.07) is 19.6. The van der Waals surface area contributed by atoms with Gasteiger partial charge in [0, 0.05) is 35.8 Å². The van der Waals surface area contributed by atoms with Crippen LogP contribution in [0.5, 0.6) is 5.75 Å². The molecule has 6 heteroatoms. The maximum atomic E-state index is 11.5. The van der Waals surface area contributed by atoms with Gasteiger partial charge in [0.25, 0.3) is 5.91 Å². The maximum absolute atomic E-state index is 11.5. The number of nitrogens with one attached hydrogen (secondary N) is 1. The zero-order valence-electron chi connectivity index (χ0n) is 17.8. The molecule has 164 valence electrons. The van der Waals surface area contributed by atoms with Crippen molar-refractivity contribution in [1.82, 2.24) is 4.98 Å². The molecule has 0 unspecified atom stereocenters. The lowest BCUT2D eigenvalue weighted by molar-refractivity contribution is 0.0997. The van der Waals surface area contributed by atoms with Crippen LogP contribution >= 0.6 is 0 Å². The zero-order valence-corrected chi connectivity index (χ0v) is 17.8. The van der Waals surface area contributed by atoms with Gasteiger partial charge in [0.1, 0.15) is 5.75 Å². The smallest absolute Gasteiger partial charge is 0.252 e. The Labute approximate surface area is 186 Å². The molecule has 5 rings (SSSR count). The van der Waals surface area contributed by atoms with Crippen LogP contribution in [0, 0.1) is 0 Å². The molecule has 32 heavy (non-hydrogen) atoms. The van der Waals surface area contributed by atoms with Crippen molar-refractivity contribution in [2.75, 3.05) is 18.9 Å². The van der Waals surface area contributed by atoms with Gasteiger partial charge in [-0.15, -0.1) is 0 Å². The molecular formula is C26H27N3O3. The normalized spacial score (nSPS) is 12.0. The Bertz CT molecular complexity index is 1230. The number of primary amides is 1. The van der Waals surface area contributed by atoms with Crippen LogP contribution in [0.25, 0.3) is 22.0 Å². The molecule has 4 aromatic rings.